The van der Waals surface area contributed by atoms with Gasteiger partial charge in [-0.3, -0.25) is 9.79 Å². The summed E-state index contributed by atoms with van der Waals surface area (Å²) in [5.74, 6) is -0.211. The Bertz CT molecular complexity index is 357. The van der Waals surface area contributed by atoms with E-state index in [0.717, 1.165) is 11.3 Å². The molecule has 0 fully saturated rings. The molecule has 86 valence electrons. The van der Waals surface area contributed by atoms with E-state index in [2.05, 4.69) is 4.99 Å². The Balaban J connectivity index is 2.42. The lowest BCUT2D eigenvalue weighted by Gasteiger charge is -2.01. The molecule has 0 spiro atoms. The van der Waals surface area contributed by atoms with Gasteiger partial charge < -0.3 is 4.74 Å². The van der Waals surface area contributed by atoms with Crippen LogP contribution in [-0.2, 0) is 16.1 Å². The molecule has 0 aromatic heterocycles. The Morgan fingerprint density at radius 1 is 1.31 bits per heavy atom. The highest BCUT2D eigenvalue weighted by atomic mass is 16.5. The van der Waals surface area contributed by atoms with Crippen molar-refractivity contribution in [1.29, 1.82) is 0 Å². The van der Waals surface area contributed by atoms with E-state index in [-0.39, 0.29) is 12.4 Å². The van der Waals surface area contributed by atoms with Crippen LogP contribution in [0.15, 0.2) is 35.3 Å². The Morgan fingerprint density at radius 2 is 2.00 bits per heavy atom. The maximum Gasteiger partial charge on any atom is 0.311 e. The standard InChI is InChI=1S/C13H17NO2/c1-3-16-13(15)9-11(2)14-10-12-7-5-4-6-8-12/h4-8H,3,9-10H2,1-2H3/b14-11-. The number of aliphatic imine (C=N–C) groups is 1. The minimum atomic E-state index is -0.211. The summed E-state index contributed by atoms with van der Waals surface area (Å²) in [7, 11) is 0. The molecule has 1 aromatic rings. The van der Waals surface area contributed by atoms with Gasteiger partial charge in [0.15, 0.2) is 0 Å². The first-order valence-electron chi connectivity index (χ1n) is 5.42. The Hall–Kier alpha value is -1.64. The molecule has 0 saturated carbocycles. The van der Waals surface area contributed by atoms with Crippen LogP contribution in [-0.4, -0.2) is 18.3 Å². The molecular formula is C13H17NO2. The third kappa shape index (κ3) is 4.73. The SMILES string of the molecule is CCOC(=O)C/C(C)=N\Cc1ccccc1. The molecule has 0 radical (unpaired) electrons. The van der Waals surface area contributed by atoms with E-state index in [1.165, 1.54) is 0 Å². The lowest BCUT2D eigenvalue weighted by atomic mass is 10.2. The minimum Gasteiger partial charge on any atom is -0.466 e. The zero-order chi connectivity index (χ0) is 11.8. The van der Waals surface area contributed by atoms with E-state index in [1.807, 2.05) is 37.3 Å². The van der Waals surface area contributed by atoms with Gasteiger partial charge in [-0.1, -0.05) is 30.3 Å². The number of hydrogen-bond acceptors (Lipinski definition) is 3. The van der Waals surface area contributed by atoms with Gasteiger partial charge in [-0.25, -0.2) is 0 Å². The van der Waals surface area contributed by atoms with Crippen molar-refractivity contribution in [3.05, 3.63) is 35.9 Å². The maximum atomic E-state index is 11.2. The normalized spacial score (nSPS) is 11.2. The van der Waals surface area contributed by atoms with Crippen molar-refractivity contribution in [1.82, 2.24) is 0 Å². The lowest BCUT2D eigenvalue weighted by Crippen LogP contribution is -2.08. The molecule has 0 bridgehead atoms. The predicted molar refractivity (Wildman–Crippen MR) is 64.5 cm³/mol. The zero-order valence-corrected chi connectivity index (χ0v) is 9.77. The summed E-state index contributed by atoms with van der Waals surface area (Å²) < 4.78 is 4.84. The minimum absolute atomic E-state index is 0.211. The van der Waals surface area contributed by atoms with Crippen molar-refractivity contribution < 1.29 is 9.53 Å². The maximum absolute atomic E-state index is 11.2. The van der Waals surface area contributed by atoms with Crippen LogP contribution >= 0.6 is 0 Å². The Morgan fingerprint density at radius 3 is 2.62 bits per heavy atom. The summed E-state index contributed by atoms with van der Waals surface area (Å²) in [6.07, 6.45) is 0.278. The summed E-state index contributed by atoms with van der Waals surface area (Å²) in [6, 6.07) is 9.96. The lowest BCUT2D eigenvalue weighted by molar-refractivity contribution is -0.141. The summed E-state index contributed by atoms with van der Waals surface area (Å²) in [5.41, 5.74) is 1.95. The van der Waals surface area contributed by atoms with E-state index in [0.29, 0.717) is 13.2 Å². The number of esters is 1. The molecule has 0 amide bonds. The van der Waals surface area contributed by atoms with Crippen molar-refractivity contribution in [3.8, 4) is 0 Å². The van der Waals surface area contributed by atoms with Crippen molar-refractivity contribution >= 4 is 11.7 Å². The number of hydrogen-bond donors (Lipinski definition) is 0. The van der Waals surface area contributed by atoms with Crippen LogP contribution in [0.1, 0.15) is 25.8 Å². The molecule has 1 rings (SSSR count). The van der Waals surface area contributed by atoms with E-state index in [9.17, 15) is 4.79 Å². The molecule has 1 aromatic carbocycles. The summed E-state index contributed by atoms with van der Waals surface area (Å²) >= 11 is 0. The smallest absolute Gasteiger partial charge is 0.311 e. The van der Waals surface area contributed by atoms with Crippen LogP contribution in [0.2, 0.25) is 0 Å². The molecule has 3 nitrogen and oxygen atoms in total. The van der Waals surface area contributed by atoms with Gasteiger partial charge >= 0.3 is 5.97 Å². The molecule has 0 unspecified atom stereocenters. The van der Waals surface area contributed by atoms with Crippen molar-refractivity contribution in [3.63, 3.8) is 0 Å². The molecule has 0 aliphatic heterocycles. The van der Waals surface area contributed by atoms with E-state index in [1.54, 1.807) is 6.92 Å². The fourth-order valence-electron chi connectivity index (χ4n) is 1.29. The second-order valence-corrected chi connectivity index (χ2v) is 3.52. The average molecular weight is 219 g/mol. The van der Waals surface area contributed by atoms with Crippen molar-refractivity contribution in [2.24, 2.45) is 4.99 Å². The monoisotopic (exact) mass is 219 g/mol. The first-order chi connectivity index (χ1) is 7.72. The second kappa shape index (κ2) is 6.77. The average Bonchev–Trinajstić information content (AvgIpc) is 2.28. The highest BCUT2D eigenvalue weighted by Crippen LogP contribution is 2.01. The number of rotatable bonds is 5. The van der Waals surface area contributed by atoms with Gasteiger partial charge in [-0.15, -0.1) is 0 Å². The molecule has 16 heavy (non-hydrogen) atoms. The summed E-state index contributed by atoms with van der Waals surface area (Å²) in [5, 5.41) is 0. The van der Waals surface area contributed by atoms with E-state index in [4.69, 9.17) is 4.74 Å². The van der Waals surface area contributed by atoms with Crippen LogP contribution in [0.4, 0.5) is 0 Å². The van der Waals surface area contributed by atoms with Crippen molar-refractivity contribution in [2.45, 2.75) is 26.8 Å². The quantitative estimate of drug-likeness (QED) is 0.564. The van der Waals surface area contributed by atoms with Gasteiger partial charge in [-0.2, -0.15) is 0 Å². The van der Waals surface area contributed by atoms with Crippen LogP contribution in [0.25, 0.3) is 0 Å². The third-order valence-electron chi connectivity index (χ3n) is 2.08. The fourth-order valence-corrected chi connectivity index (χ4v) is 1.29. The number of benzene rings is 1. The van der Waals surface area contributed by atoms with Crippen LogP contribution in [0.5, 0.6) is 0 Å². The number of nitrogens with zero attached hydrogens (tertiary/aromatic N) is 1. The van der Waals surface area contributed by atoms with Gasteiger partial charge in [0.1, 0.15) is 0 Å². The highest BCUT2D eigenvalue weighted by Gasteiger charge is 2.03. The highest BCUT2D eigenvalue weighted by molar-refractivity contribution is 5.97. The number of carbonyl (C=O) groups excluding carboxylic acids is 1. The fraction of sp³-hybridized carbons (Fsp3) is 0.385. The zero-order valence-electron chi connectivity index (χ0n) is 9.77. The second-order valence-electron chi connectivity index (χ2n) is 3.52. The summed E-state index contributed by atoms with van der Waals surface area (Å²) in [6.45, 7) is 4.69. The molecular weight excluding hydrogens is 202 g/mol. The third-order valence-corrected chi connectivity index (χ3v) is 2.08. The Labute approximate surface area is 96.2 Å². The molecule has 3 heteroatoms. The van der Waals surface area contributed by atoms with E-state index >= 15 is 0 Å². The van der Waals surface area contributed by atoms with Crippen molar-refractivity contribution in [2.75, 3.05) is 6.61 Å². The van der Waals surface area contributed by atoms with Crippen LogP contribution in [0, 0.1) is 0 Å². The molecule has 0 aliphatic carbocycles. The topological polar surface area (TPSA) is 38.7 Å². The molecule has 0 saturated heterocycles. The van der Waals surface area contributed by atoms with Gasteiger partial charge in [0, 0.05) is 5.71 Å². The molecule has 0 N–H and O–H groups in total. The van der Waals surface area contributed by atoms with Gasteiger partial charge in [0.25, 0.3) is 0 Å². The number of ether oxygens (including phenoxy) is 1. The molecule has 0 aliphatic rings. The van der Waals surface area contributed by atoms with Gasteiger partial charge in [0.05, 0.1) is 19.6 Å². The first-order valence-corrected chi connectivity index (χ1v) is 5.42. The first kappa shape index (κ1) is 12.4. The molecule has 0 atom stereocenters. The summed E-state index contributed by atoms with van der Waals surface area (Å²) in [4.78, 5) is 15.5. The van der Waals surface area contributed by atoms with Gasteiger partial charge in [-0.05, 0) is 19.4 Å². The molecule has 0 heterocycles. The predicted octanol–water partition coefficient (Wildman–Crippen LogP) is 2.60. The van der Waals surface area contributed by atoms with Crippen LogP contribution in [0.3, 0.4) is 0 Å². The van der Waals surface area contributed by atoms with E-state index < -0.39 is 0 Å². The number of carbonyl (C=O) groups is 1. The Kier molecular flexibility index (Phi) is 5.26. The van der Waals surface area contributed by atoms with Gasteiger partial charge in [0.2, 0.25) is 0 Å². The van der Waals surface area contributed by atoms with Crippen LogP contribution < -0.4 is 0 Å². The largest absolute Gasteiger partial charge is 0.466 e.